The Morgan fingerprint density at radius 1 is 1.35 bits per heavy atom. The first-order valence-electron chi connectivity index (χ1n) is 7.00. The summed E-state index contributed by atoms with van der Waals surface area (Å²) < 4.78 is 5.52. The fourth-order valence-corrected chi connectivity index (χ4v) is 3.09. The molecule has 0 aromatic heterocycles. The maximum atomic E-state index is 12.4. The highest BCUT2D eigenvalue weighted by molar-refractivity contribution is 6.31. The third-order valence-corrected chi connectivity index (χ3v) is 4.04. The van der Waals surface area contributed by atoms with Crippen LogP contribution in [0.5, 0.6) is 0 Å². The van der Waals surface area contributed by atoms with Crippen LogP contribution in [0.25, 0.3) is 0 Å². The van der Waals surface area contributed by atoms with Crippen LogP contribution in [0.4, 0.5) is 4.79 Å². The summed E-state index contributed by atoms with van der Waals surface area (Å²) >= 11 is 6.32. The van der Waals surface area contributed by atoms with Crippen molar-refractivity contribution in [3.63, 3.8) is 0 Å². The van der Waals surface area contributed by atoms with E-state index in [2.05, 4.69) is 6.92 Å². The van der Waals surface area contributed by atoms with Crippen LogP contribution in [-0.4, -0.2) is 23.1 Å². The van der Waals surface area contributed by atoms with Gasteiger partial charge in [-0.3, -0.25) is 4.90 Å². The number of nitrogens with zero attached hydrogens (tertiary/aromatic N) is 1. The third kappa shape index (κ3) is 2.93. The van der Waals surface area contributed by atoms with Crippen LogP contribution in [0.15, 0.2) is 24.3 Å². The van der Waals surface area contributed by atoms with Crippen LogP contribution < -0.4 is 0 Å². The van der Waals surface area contributed by atoms with Crippen molar-refractivity contribution in [3.8, 4) is 0 Å². The average molecular weight is 296 g/mol. The Kier molecular flexibility index (Phi) is 4.01. The van der Waals surface area contributed by atoms with Crippen molar-refractivity contribution < 1.29 is 9.53 Å². The summed E-state index contributed by atoms with van der Waals surface area (Å²) in [5.74, 6) is 0. The number of carbonyl (C=O) groups is 1. The number of hydrogen-bond acceptors (Lipinski definition) is 2. The summed E-state index contributed by atoms with van der Waals surface area (Å²) in [7, 11) is 0. The molecule has 1 aromatic rings. The Hall–Kier alpha value is -1.22. The van der Waals surface area contributed by atoms with E-state index in [4.69, 9.17) is 16.3 Å². The minimum absolute atomic E-state index is 0.266. The van der Waals surface area contributed by atoms with Gasteiger partial charge in [0.05, 0.1) is 5.54 Å². The number of rotatable bonds is 1. The summed E-state index contributed by atoms with van der Waals surface area (Å²) in [4.78, 5) is 14.2. The predicted octanol–water partition coefficient (Wildman–Crippen LogP) is 4.59. The van der Waals surface area contributed by atoms with Gasteiger partial charge < -0.3 is 4.74 Å². The van der Waals surface area contributed by atoms with Crippen LogP contribution in [0.2, 0.25) is 5.02 Å². The van der Waals surface area contributed by atoms with Gasteiger partial charge in [0.15, 0.2) is 0 Å². The molecule has 4 heteroatoms. The smallest absolute Gasteiger partial charge is 0.411 e. The van der Waals surface area contributed by atoms with E-state index >= 15 is 0 Å². The normalized spacial score (nSPS) is 22.9. The van der Waals surface area contributed by atoms with Crippen LogP contribution in [-0.2, 0) is 10.3 Å². The summed E-state index contributed by atoms with van der Waals surface area (Å²) in [5.41, 5.74) is 0.117. The topological polar surface area (TPSA) is 29.5 Å². The van der Waals surface area contributed by atoms with E-state index in [1.54, 1.807) is 4.90 Å². The van der Waals surface area contributed by atoms with Gasteiger partial charge in [-0.05, 0) is 52.2 Å². The van der Waals surface area contributed by atoms with Gasteiger partial charge in [-0.1, -0.05) is 29.8 Å². The Labute approximate surface area is 125 Å². The highest BCUT2D eigenvalue weighted by Crippen LogP contribution is 2.42. The molecule has 1 heterocycles. The van der Waals surface area contributed by atoms with Crippen LogP contribution in [0.3, 0.4) is 0 Å². The SMILES string of the molecule is CC(C)(C)OC(=O)N1CCCC1(C)c1ccccc1Cl. The minimum atomic E-state index is -0.485. The van der Waals surface area contributed by atoms with E-state index in [0.717, 1.165) is 18.4 Å². The van der Waals surface area contributed by atoms with Gasteiger partial charge in [-0.15, -0.1) is 0 Å². The van der Waals surface area contributed by atoms with Crippen LogP contribution in [0.1, 0.15) is 46.1 Å². The van der Waals surface area contributed by atoms with Crippen LogP contribution in [0, 0.1) is 0 Å². The van der Waals surface area contributed by atoms with Gasteiger partial charge in [0.1, 0.15) is 5.60 Å². The molecule has 0 radical (unpaired) electrons. The molecule has 1 fully saturated rings. The Balaban J connectivity index is 2.31. The molecule has 1 aromatic carbocycles. The summed E-state index contributed by atoms with van der Waals surface area (Å²) in [6.45, 7) is 8.41. The first-order valence-corrected chi connectivity index (χ1v) is 7.37. The molecule has 1 atom stereocenters. The maximum absolute atomic E-state index is 12.4. The largest absolute Gasteiger partial charge is 0.444 e. The molecule has 2 rings (SSSR count). The van der Waals surface area contributed by atoms with E-state index in [0.29, 0.717) is 11.6 Å². The fourth-order valence-electron chi connectivity index (χ4n) is 2.75. The fraction of sp³-hybridized carbons (Fsp3) is 0.562. The second-order valence-corrected chi connectivity index (χ2v) is 6.90. The molecule has 1 unspecified atom stereocenters. The molecule has 0 saturated carbocycles. The number of hydrogen-bond donors (Lipinski definition) is 0. The highest BCUT2D eigenvalue weighted by Gasteiger charge is 2.43. The molecule has 110 valence electrons. The van der Waals surface area contributed by atoms with E-state index in [-0.39, 0.29) is 11.6 Å². The molecule has 1 aliphatic heterocycles. The van der Waals surface area contributed by atoms with Crippen molar-refractivity contribution in [1.29, 1.82) is 0 Å². The standard InChI is InChI=1S/C16H22ClNO2/c1-15(2,3)20-14(19)18-11-7-10-16(18,4)12-8-5-6-9-13(12)17/h5-6,8-9H,7,10-11H2,1-4H3. The Morgan fingerprint density at radius 2 is 2.00 bits per heavy atom. The second-order valence-electron chi connectivity index (χ2n) is 6.49. The van der Waals surface area contributed by atoms with Gasteiger partial charge in [0.25, 0.3) is 0 Å². The van der Waals surface area contributed by atoms with E-state index < -0.39 is 5.60 Å². The molecule has 1 amide bonds. The second kappa shape index (κ2) is 5.28. The predicted molar refractivity (Wildman–Crippen MR) is 81.0 cm³/mol. The highest BCUT2D eigenvalue weighted by atomic mass is 35.5. The molecule has 20 heavy (non-hydrogen) atoms. The number of carbonyl (C=O) groups excluding carboxylic acids is 1. The molecule has 1 aliphatic rings. The van der Waals surface area contributed by atoms with Gasteiger partial charge in [0.2, 0.25) is 0 Å². The Morgan fingerprint density at radius 3 is 2.60 bits per heavy atom. The lowest BCUT2D eigenvalue weighted by atomic mass is 9.89. The zero-order valence-electron chi connectivity index (χ0n) is 12.6. The third-order valence-electron chi connectivity index (χ3n) is 3.71. The van der Waals surface area contributed by atoms with Gasteiger partial charge >= 0.3 is 6.09 Å². The molecular formula is C16H22ClNO2. The molecule has 0 spiro atoms. The van der Waals surface area contributed by atoms with Crippen molar-refractivity contribution in [3.05, 3.63) is 34.9 Å². The summed E-state index contributed by atoms with van der Waals surface area (Å²) in [5, 5.41) is 0.699. The minimum Gasteiger partial charge on any atom is -0.444 e. The Bertz CT molecular complexity index is 509. The van der Waals surface area contributed by atoms with Gasteiger partial charge in [-0.2, -0.15) is 0 Å². The number of likely N-dealkylation sites (tertiary alicyclic amines) is 1. The maximum Gasteiger partial charge on any atom is 0.411 e. The van der Waals surface area contributed by atoms with Crippen molar-refractivity contribution in [2.45, 2.75) is 51.7 Å². The lowest BCUT2D eigenvalue weighted by Gasteiger charge is -2.37. The monoisotopic (exact) mass is 295 g/mol. The molecule has 0 bridgehead atoms. The lowest BCUT2D eigenvalue weighted by molar-refractivity contribution is 0.00996. The van der Waals surface area contributed by atoms with Crippen LogP contribution >= 0.6 is 11.6 Å². The van der Waals surface area contributed by atoms with E-state index in [1.165, 1.54) is 0 Å². The molecule has 1 saturated heterocycles. The molecule has 0 aliphatic carbocycles. The van der Waals surface area contributed by atoms with Crippen molar-refractivity contribution in [1.82, 2.24) is 4.90 Å². The zero-order valence-corrected chi connectivity index (χ0v) is 13.3. The van der Waals surface area contributed by atoms with Gasteiger partial charge in [-0.25, -0.2) is 4.79 Å². The molecule has 3 nitrogen and oxygen atoms in total. The quantitative estimate of drug-likeness (QED) is 0.758. The van der Waals surface area contributed by atoms with Gasteiger partial charge in [0, 0.05) is 11.6 Å². The number of ether oxygens (including phenoxy) is 1. The number of amides is 1. The lowest BCUT2D eigenvalue weighted by Crippen LogP contribution is -2.45. The molecule has 0 N–H and O–H groups in total. The average Bonchev–Trinajstić information content (AvgIpc) is 2.70. The van der Waals surface area contributed by atoms with E-state index in [1.807, 2.05) is 45.0 Å². The van der Waals surface area contributed by atoms with E-state index in [9.17, 15) is 4.79 Å². The zero-order chi connectivity index (χ0) is 15.0. The first kappa shape index (κ1) is 15.2. The van der Waals surface area contributed by atoms with Crippen molar-refractivity contribution in [2.24, 2.45) is 0 Å². The summed E-state index contributed by atoms with van der Waals surface area (Å²) in [6, 6.07) is 7.72. The van der Waals surface area contributed by atoms with Crippen molar-refractivity contribution >= 4 is 17.7 Å². The summed E-state index contributed by atoms with van der Waals surface area (Å²) in [6.07, 6.45) is 1.59. The first-order chi connectivity index (χ1) is 9.24. The number of halogens is 1. The molecular weight excluding hydrogens is 274 g/mol. The van der Waals surface area contributed by atoms with Crippen molar-refractivity contribution in [2.75, 3.05) is 6.54 Å². The number of benzene rings is 1.